The van der Waals surface area contributed by atoms with E-state index in [4.69, 9.17) is 14.2 Å². The molecule has 5 nitrogen and oxygen atoms in total. The Kier molecular flexibility index (Phi) is 6.46. The predicted octanol–water partition coefficient (Wildman–Crippen LogP) is 3.60. The average molecular weight is 341 g/mol. The van der Waals surface area contributed by atoms with Crippen LogP contribution in [0.25, 0.3) is 6.08 Å². The van der Waals surface area contributed by atoms with Crippen molar-refractivity contribution in [1.29, 1.82) is 0 Å². The van der Waals surface area contributed by atoms with Crippen molar-refractivity contribution >= 4 is 12.0 Å². The van der Waals surface area contributed by atoms with Gasteiger partial charge in [-0.15, -0.1) is 0 Å². The van der Waals surface area contributed by atoms with E-state index in [1.165, 1.54) is 6.08 Å². The predicted molar refractivity (Wildman–Crippen MR) is 98.1 cm³/mol. The van der Waals surface area contributed by atoms with Gasteiger partial charge in [0.05, 0.1) is 27.4 Å². The standard InChI is InChI=1S/C20H23NO4/c1-14(15-8-6-5-7-9-15)21-20(22)11-10-16-12-18(24-3)19(25-4)13-17(16)23-2/h5-14H,1-4H3,(H,21,22)/b11-10+. The maximum Gasteiger partial charge on any atom is 0.244 e. The summed E-state index contributed by atoms with van der Waals surface area (Å²) < 4.78 is 15.9. The number of carbonyl (C=O) groups is 1. The molecule has 1 unspecified atom stereocenters. The molecular formula is C20H23NO4. The Hall–Kier alpha value is -2.95. The molecule has 1 atom stereocenters. The molecule has 0 saturated heterocycles. The van der Waals surface area contributed by atoms with Crippen LogP contribution in [-0.4, -0.2) is 27.2 Å². The Morgan fingerprint density at radius 1 is 0.960 bits per heavy atom. The summed E-state index contributed by atoms with van der Waals surface area (Å²) in [5, 5.41) is 2.93. The number of benzene rings is 2. The van der Waals surface area contributed by atoms with Crippen molar-refractivity contribution in [2.24, 2.45) is 0 Å². The van der Waals surface area contributed by atoms with Gasteiger partial charge in [0.15, 0.2) is 11.5 Å². The number of amides is 1. The molecule has 25 heavy (non-hydrogen) atoms. The van der Waals surface area contributed by atoms with E-state index in [9.17, 15) is 4.79 Å². The zero-order valence-corrected chi connectivity index (χ0v) is 14.9. The zero-order valence-electron chi connectivity index (χ0n) is 14.9. The van der Waals surface area contributed by atoms with E-state index < -0.39 is 0 Å². The topological polar surface area (TPSA) is 56.8 Å². The largest absolute Gasteiger partial charge is 0.496 e. The van der Waals surface area contributed by atoms with Gasteiger partial charge >= 0.3 is 0 Å². The molecule has 2 rings (SSSR count). The van der Waals surface area contributed by atoms with Crippen LogP contribution in [0.3, 0.4) is 0 Å². The molecule has 0 aliphatic carbocycles. The summed E-state index contributed by atoms with van der Waals surface area (Å²) in [7, 11) is 4.69. The third-order valence-electron chi connectivity index (χ3n) is 3.81. The van der Waals surface area contributed by atoms with Gasteiger partial charge in [-0.2, -0.15) is 0 Å². The van der Waals surface area contributed by atoms with Crippen molar-refractivity contribution < 1.29 is 19.0 Å². The van der Waals surface area contributed by atoms with Crippen molar-refractivity contribution in [3.63, 3.8) is 0 Å². The van der Waals surface area contributed by atoms with E-state index in [-0.39, 0.29) is 11.9 Å². The molecule has 1 N–H and O–H groups in total. The van der Waals surface area contributed by atoms with Crippen molar-refractivity contribution in [3.05, 3.63) is 59.7 Å². The summed E-state index contributed by atoms with van der Waals surface area (Å²) in [5.41, 5.74) is 1.77. The second kappa shape index (κ2) is 8.78. The molecule has 0 fully saturated rings. The minimum atomic E-state index is -0.187. The van der Waals surface area contributed by atoms with Crippen LogP contribution in [0.15, 0.2) is 48.5 Å². The van der Waals surface area contributed by atoms with E-state index in [1.807, 2.05) is 37.3 Å². The van der Waals surface area contributed by atoms with Gasteiger partial charge in [-0.1, -0.05) is 30.3 Å². The molecule has 2 aromatic carbocycles. The number of hydrogen-bond donors (Lipinski definition) is 1. The lowest BCUT2D eigenvalue weighted by Gasteiger charge is -2.13. The molecule has 0 aliphatic rings. The highest BCUT2D eigenvalue weighted by molar-refractivity contribution is 5.92. The minimum Gasteiger partial charge on any atom is -0.496 e. The number of carbonyl (C=O) groups excluding carboxylic acids is 1. The third kappa shape index (κ3) is 4.76. The first-order chi connectivity index (χ1) is 12.1. The highest BCUT2D eigenvalue weighted by Crippen LogP contribution is 2.35. The van der Waals surface area contributed by atoms with Crippen molar-refractivity contribution in [2.45, 2.75) is 13.0 Å². The van der Waals surface area contributed by atoms with Crippen LogP contribution in [0.5, 0.6) is 17.2 Å². The van der Waals surface area contributed by atoms with Gasteiger partial charge in [0.2, 0.25) is 5.91 Å². The molecule has 0 bridgehead atoms. The van der Waals surface area contributed by atoms with Crippen LogP contribution >= 0.6 is 0 Å². The number of nitrogens with one attached hydrogen (secondary N) is 1. The quantitative estimate of drug-likeness (QED) is 0.782. The zero-order chi connectivity index (χ0) is 18.2. The number of hydrogen-bond acceptors (Lipinski definition) is 4. The summed E-state index contributed by atoms with van der Waals surface area (Å²) in [6, 6.07) is 13.2. The molecule has 0 aromatic heterocycles. The highest BCUT2D eigenvalue weighted by atomic mass is 16.5. The van der Waals surface area contributed by atoms with Crippen molar-refractivity contribution in [2.75, 3.05) is 21.3 Å². The fourth-order valence-corrected chi connectivity index (χ4v) is 2.44. The first-order valence-corrected chi connectivity index (χ1v) is 7.92. The van der Waals surface area contributed by atoms with Gasteiger partial charge in [0.25, 0.3) is 0 Å². The van der Waals surface area contributed by atoms with E-state index in [2.05, 4.69) is 5.32 Å². The first-order valence-electron chi connectivity index (χ1n) is 7.92. The molecule has 0 aliphatic heterocycles. The average Bonchev–Trinajstić information content (AvgIpc) is 2.66. The lowest BCUT2D eigenvalue weighted by atomic mass is 10.1. The maximum atomic E-state index is 12.2. The fraction of sp³-hybridized carbons (Fsp3) is 0.250. The van der Waals surface area contributed by atoms with E-state index in [0.717, 1.165) is 11.1 Å². The van der Waals surface area contributed by atoms with Crippen LogP contribution in [-0.2, 0) is 4.79 Å². The Balaban J connectivity index is 2.13. The van der Waals surface area contributed by atoms with E-state index in [0.29, 0.717) is 17.2 Å². The molecule has 132 valence electrons. The summed E-state index contributed by atoms with van der Waals surface area (Å²) >= 11 is 0. The Morgan fingerprint density at radius 3 is 2.16 bits per heavy atom. The monoisotopic (exact) mass is 341 g/mol. The lowest BCUT2D eigenvalue weighted by molar-refractivity contribution is -0.117. The van der Waals surface area contributed by atoms with Crippen LogP contribution in [0.1, 0.15) is 24.1 Å². The molecule has 1 amide bonds. The SMILES string of the molecule is COc1cc(OC)c(OC)cc1/C=C/C(=O)NC(C)c1ccccc1. The summed E-state index contributed by atoms with van der Waals surface area (Å²) in [6.07, 6.45) is 3.16. The fourth-order valence-electron chi connectivity index (χ4n) is 2.44. The molecule has 0 saturated carbocycles. The molecule has 0 heterocycles. The van der Waals surface area contributed by atoms with E-state index in [1.54, 1.807) is 39.5 Å². The van der Waals surface area contributed by atoms with Gasteiger partial charge in [-0.3, -0.25) is 4.79 Å². The summed E-state index contributed by atoms with van der Waals surface area (Å²) in [6.45, 7) is 1.94. The maximum absolute atomic E-state index is 12.2. The van der Waals surface area contributed by atoms with Crippen LogP contribution in [0.2, 0.25) is 0 Å². The molecule has 0 radical (unpaired) electrons. The molecule has 0 spiro atoms. The van der Waals surface area contributed by atoms with Gasteiger partial charge in [0, 0.05) is 17.7 Å². The van der Waals surface area contributed by atoms with Crippen molar-refractivity contribution in [1.82, 2.24) is 5.32 Å². The van der Waals surface area contributed by atoms with Crippen LogP contribution in [0, 0.1) is 0 Å². The highest BCUT2D eigenvalue weighted by Gasteiger charge is 2.11. The summed E-state index contributed by atoms with van der Waals surface area (Å²) in [5.74, 6) is 1.55. The third-order valence-corrected chi connectivity index (χ3v) is 3.81. The molecule has 2 aromatic rings. The number of ether oxygens (including phenoxy) is 3. The van der Waals surface area contributed by atoms with Gasteiger partial charge in [-0.25, -0.2) is 0 Å². The number of methoxy groups -OCH3 is 3. The van der Waals surface area contributed by atoms with Crippen molar-refractivity contribution in [3.8, 4) is 17.2 Å². The van der Waals surface area contributed by atoms with E-state index >= 15 is 0 Å². The second-order valence-corrected chi connectivity index (χ2v) is 5.42. The Bertz CT molecular complexity index is 741. The van der Waals surface area contributed by atoms with Gasteiger partial charge < -0.3 is 19.5 Å². The first kappa shape index (κ1) is 18.4. The Labute approximate surface area is 148 Å². The summed E-state index contributed by atoms with van der Waals surface area (Å²) in [4.78, 5) is 12.2. The van der Waals surface area contributed by atoms with Crippen LogP contribution < -0.4 is 19.5 Å². The molecular weight excluding hydrogens is 318 g/mol. The Morgan fingerprint density at radius 2 is 1.56 bits per heavy atom. The number of rotatable bonds is 7. The minimum absolute atomic E-state index is 0.0781. The van der Waals surface area contributed by atoms with Crippen LogP contribution in [0.4, 0.5) is 0 Å². The normalized spacial score (nSPS) is 11.8. The molecule has 5 heteroatoms. The van der Waals surface area contributed by atoms with Gasteiger partial charge in [0.1, 0.15) is 5.75 Å². The van der Waals surface area contributed by atoms with Gasteiger partial charge in [-0.05, 0) is 24.6 Å². The lowest BCUT2D eigenvalue weighted by Crippen LogP contribution is -2.24. The smallest absolute Gasteiger partial charge is 0.244 e. The second-order valence-electron chi connectivity index (χ2n) is 5.42.